The van der Waals surface area contributed by atoms with Crippen molar-refractivity contribution in [3.05, 3.63) is 71.5 Å². The van der Waals surface area contributed by atoms with E-state index in [1.165, 1.54) is 0 Å². The van der Waals surface area contributed by atoms with E-state index in [-0.39, 0.29) is 17.3 Å². The molecule has 0 radical (unpaired) electrons. The van der Waals surface area contributed by atoms with Gasteiger partial charge in [-0.2, -0.15) is 0 Å². The van der Waals surface area contributed by atoms with Crippen LogP contribution in [0.3, 0.4) is 0 Å². The van der Waals surface area contributed by atoms with Crippen LogP contribution in [0.4, 0.5) is 5.69 Å². The van der Waals surface area contributed by atoms with E-state index in [9.17, 15) is 14.4 Å². The highest BCUT2D eigenvalue weighted by Gasteiger charge is 2.23. The number of hydrogen-bond donors (Lipinski definition) is 1. The molecule has 0 saturated carbocycles. The molecule has 0 saturated heterocycles. The summed E-state index contributed by atoms with van der Waals surface area (Å²) < 4.78 is 10.3. The van der Waals surface area contributed by atoms with Crippen molar-refractivity contribution >= 4 is 23.3 Å². The zero-order valence-electron chi connectivity index (χ0n) is 16.1. The lowest BCUT2D eigenvalue weighted by atomic mass is 10.1. The summed E-state index contributed by atoms with van der Waals surface area (Å²) in [7, 11) is 0. The SMILES string of the molecule is CCC(=O)Nc1ccc(C(=O)COC(=O)c2c(-c3ccccc3)noc2C)cc1. The molecule has 0 aliphatic rings. The second-order valence-corrected chi connectivity index (χ2v) is 6.31. The minimum absolute atomic E-state index is 0.115. The molecule has 1 N–H and O–H groups in total. The standard InChI is InChI=1S/C22H20N2O5/c1-3-19(26)23-17-11-9-15(10-12-17)18(25)13-28-22(27)20-14(2)29-24-21(20)16-7-5-4-6-8-16/h4-12H,3,13H2,1-2H3,(H,23,26). The average Bonchev–Trinajstić information content (AvgIpc) is 3.14. The van der Waals surface area contributed by atoms with Crippen molar-refractivity contribution in [2.45, 2.75) is 20.3 Å². The molecule has 0 bridgehead atoms. The molecule has 0 spiro atoms. The Hall–Kier alpha value is -3.74. The van der Waals surface area contributed by atoms with Crippen LogP contribution in [-0.4, -0.2) is 29.4 Å². The summed E-state index contributed by atoms with van der Waals surface area (Å²) in [6.45, 7) is 2.95. The Balaban J connectivity index is 1.66. The van der Waals surface area contributed by atoms with Crippen LogP contribution in [0.5, 0.6) is 0 Å². The first-order chi connectivity index (χ1) is 14.0. The second kappa shape index (κ2) is 8.97. The van der Waals surface area contributed by atoms with Gasteiger partial charge in [-0.25, -0.2) is 4.79 Å². The van der Waals surface area contributed by atoms with Gasteiger partial charge in [-0.1, -0.05) is 42.4 Å². The van der Waals surface area contributed by atoms with Gasteiger partial charge in [0.1, 0.15) is 17.0 Å². The lowest BCUT2D eigenvalue weighted by molar-refractivity contribution is -0.115. The van der Waals surface area contributed by atoms with E-state index in [1.54, 1.807) is 50.2 Å². The van der Waals surface area contributed by atoms with Crippen LogP contribution in [0, 0.1) is 6.92 Å². The monoisotopic (exact) mass is 392 g/mol. The largest absolute Gasteiger partial charge is 0.454 e. The Morgan fingerprint density at radius 1 is 1.03 bits per heavy atom. The molecular weight excluding hydrogens is 372 g/mol. The van der Waals surface area contributed by atoms with Crippen LogP contribution in [0.1, 0.15) is 39.8 Å². The number of ketones is 1. The first-order valence-electron chi connectivity index (χ1n) is 9.11. The molecule has 148 valence electrons. The van der Waals surface area contributed by atoms with E-state index in [0.717, 1.165) is 0 Å². The van der Waals surface area contributed by atoms with Crippen molar-refractivity contribution in [2.75, 3.05) is 11.9 Å². The van der Waals surface area contributed by atoms with Gasteiger partial charge in [0, 0.05) is 23.2 Å². The Kier molecular flexibility index (Phi) is 6.19. The molecule has 0 aliphatic carbocycles. The minimum Gasteiger partial charge on any atom is -0.454 e. The number of amides is 1. The number of aryl methyl sites for hydroxylation is 1. The molecule has 1 amide bonds. The number of nitrogens with zero attached hydrogens (tertiary/aromatic N) is 1. The molecule has 1 aromatic heterocycles. The molecule has 0 fully saturated rings. The summed E-state index contributed by atoms with van der Waals surface area (Å²) in [5.74, 6) is -0.835. The summed E-state index contributed by atoms with van der Waals surface area (Å²) in [4.78, 5) is 36.3. The van der Waals surface area contributed by atoms with Crippen LogP contribution in [0.25, 0.3) is 11.3 Å². The third kappa shape index (κ3) is 4.76. The fraction of sp³-hybridized carbons (Fsp3) is 0.182. The van der Waals surface area contributed by atoms with Crippen molar-refractivity contribution in [3.63, 3.8) is 0 Å². The molecule has 0 aliphatic heterocycles. The first-order valence-corrected chi connectivity index (χ1v) is 9.11. The van der Waals surface area contributed by atoms with E-state index < -0.39 is 12.6 Å². The Labute approximate surface area is 167 Å². The highest BCUT2D eigenvalue weighted by Crippen LogP contribution is 2.25. The maximum atomic E-state index is 12.5. The topological polar surface area (TPSA) is 98.5 Å². The van der Waals surface area contributed by atoms with Gasteiger partial charge in [0.25, 0.3) is 0 Å². The number of anilines is 1. The Bertz CT molecular complexity index is 1020. The number of hydrogen-bond acceptors (Lipinski definition) is 6. The van der Waals surface area contributed by atoms with Gasteiger partial charge < -0.3 is 14.6 Å². The zero-order chi connectivity index (χ0) is 20.8. The Morgan fingerprint density at radius 3 is 2.38 bits per heavy atom. The fourth-order valence-corrected chi connectivity index (χ4v) is 2.68. The van der Waals surface area contributed by atoms with Crippen molar-refractivity contribution < 1.29 is 23.6 Å². The van der Waals surface area contributed by atoms with E-state index in [4.69, 9.17) is 9.26 Å². The summed E-state index contributed by atoms with van der Waals surface area (Å²) in [6, 6.07) is 15.5. The van der Waals surface area contributed by atoms with Crippen LogP contribution in [0.15, 0.2) is 59.1 Å². The maximum absolute atomic E-state index is 12.5. The molecule has 0 unspecified atom stereocenters. The van der Waals surface area contributed by atoms with E-state index in [1.807, 2.05) is 18.2 Å². The van der Waals surface area contributed by atoms with Crippen LogP contribution in [-0.2, 0) is 9.53 Å². The number of carbonyl (C=O) groups excluding carboxylic acids is 3. The van der Waals surface area contributed by atoms with Crippen molar-refractivity contribution in [1.29, 1.82) is 0 Å². The highest BCUT2D eigenvalue weighted by molar-refractivity contribution is 6.01. The molecule has 2 aromatic carbocycles. The van der Waals surface area contributed by atoms with Gasteiger partial charge in [0.05, 0.1) is 0 Å². The summed E-state index contributed by atoms with van der Waals surface area (Å²) in [5.41, 5.74) is 2.25. The van der Waals surface area contributed by atoms with Gasteiger partial charge in [-0.3, -0.25) is 9.59 Å². The smallest absolute Gasteiger partial charge is 0.344 e. The predicted molar refractivity (Wildman–Crippen MR) is 107 cm³/mol. The summed E-state index contributed by atoms with van der Waals surface area (Å²) in [6.07, 6.45) is 0.365. The minimum atomic E-state index is -0.678. The average molecular weight is 392 g/mol. The van der Waals surface area contributed by atoms with E-state index >= 15 is 0 Å². The zero-order valence-corrected chi connectivity index (χ0v) is 16.1. The van der Waals surface area contributed by atoms with Gasteiger partial charge in [-0.05, 0) is 31.2 Å². The van der Waals surface area contributed by atoms with Crippen LogP contribution >= 0.6 is 0 Å². The predicted octanol–water partition coefficient (Wildman–Crippen LogP) is 4.04. The van der Waals surface area contributed by atoms with Crippen molar-refractivity contribution in [3.8, 4) is 11.3 Å². The molecule has 3 aromatic rings. The van der Waals surface area contributed by atoms with Gasteiger partial charge in [0.2, 0.25) is 5.91 Å². The third-order valence-electron chi connectivity index (χ3n) is 4.26. The van der Waals surface area contributed by atoms with Gasteiger partial charge in [0.15, 0.2) is 12.4 Å². The second-order valence-electron chi connectivity index (χ2n) is 6.31. The van der Waals surface area contributed by atoms with Gasteiger partial charge in [-0.15, -0.1) is 0 Å². The molecule has 7 nitrogen and oxygen atoms in total. The van der Waals surface area contributed by atoms with E-state index in [0.29, 0.717) is 34.7 Å². The normalized spacial score (nSPS) is 10.4. The summed E-state index contributed by atoms with van der Waals surface area (Å²) >= 11 is 0. The number of carbonyl (C=O) groups is 3. The number of ether oxygens (including phenoxy) is 1. The first kappa shape index (κ1) is 20.0. The quantitative estimate of drug-likeness (QED) is 0.481. The lowest BCUT2D eigenvalue weighted by Gasteiger charge is -2.07. The van der Waals surface area contributed by atoms with Crippen LogP contribution < -0.4 is 5.32 Å². The number of rotatable bonds is 7. The van der Waals surface area contributed by atoms with Crippen LogP contribution in [0.2, 0.25) is 0 Å². The number of aromatic nitrogens is 1. The highest BCUT2D eigenvalue weighted by atomic mass is 16.5. The molecule has 0 atom stereocenters. The summed E-state index contributed by atoms with van der Waals surface area (Å²) in [5, 5.41) is 6.64. The van der Waals surface area contributed by atoms with Crippen molar-refractivity contribution in [1.82, 2.24) is 5.16 Å². The molecule has 3 rings (SSSR count). The lowest BCUT2D eigenvalue weighted by Crippen LogP contribution is -2.15. The molecule has 1 heterocycles. The van der Waals surface area contributed by atoms with Gasteiger partial charge >= 0.3 is 5.97 Å². The Morgan fingerprint density at radius 2 is 1.72 bits per heavy atom. The molecule has 7 heteroatoms. The number of esters is 1. The maximum Gasteiger partial charge on any atom is 0.344 e. The molecular formula is C22H20N2O5. The number of nitrogens with one attached hydrogen (secondary N) is 1. The molecule has 29 heavy (non-hydrogen) atoms. The third-order valence-corrected chi connectivity index (χ3v) is 4.26. The van der Waals surface area contributed by atoms with Crippen molar-refractivity contribution in [2.24, 2.45) is 0 Å². The fourth-order valence-electron chi connectivity index (χ4n) is 2.68. The van der Waals surface area contributed by atoms with E-state index in [2.05, 4.69) is 10.5 Å². The number of Topliss-reactive ketones (excluding diaryl/α,β-unsaturated/α-hetero) is 1. The number of benzene rings is 2.